The lowest BCUT2D eigenvalue weighted by molar-refractivity contribution is 0.280. The first-order valence-electron chi connectivity index (χ1n) is 4.55. The summed E-state index contributed by atoms with van der Waals surface area (Å²) < 4.78 is 5.32. The van der Waals surface area contributed by atoms with Gasteiger partial charge in [-0.05, 0) is 13.0 Å². The number of hydrogen-bond acceptors (Lipinski definition) is 2. The molecule has 0 spiro atoms. The highest BCUT2D eigenvalue weighted by Gasteiger charge is 2.02. The Hall–Kier alpha value is -1.54. The lowest BCUT2D eigenvalue weighted by atomic mass is 10.1. The molecule has 0 aliphatic carbocycles. The Bertz CT molecular complexity index is 412. The molecule has 0 aliphatic heterocycles. The fraction of sp³-hybridized carbons (Fsp3) is 0.167. The second kappa shape index (κ2) is 3.68. The molecule has 0 bridgehead atoms. The van der Waals surface area contributed by atoms with Gasteiger partial charge in [0.1, 0.15) is 5.76 Å². The Morgan fingerprint density at radius 1 is 1.21 bits per heavy atom. The summed E-state index contributed by atoms with van der Waals surface area (Å²) in [7, 11) is 0. The van der Waals surface area contributed by atoms with Gasteiger partial charge in [-0.3, -0.25) is 0 Å². The Morgan fingerprint density at radius 3 is 2.50 bits per heavy atom. The van der Waals surface area contributed by atoms with Crippen LogP contribution in [0.3, 0.4) is 0 Å². The number of benzene rings is 1. The normalized spacial score (nSPS) is 10.4. The third-order valence-electron chi connectivity index (χ3n) is 2.17. The van der Waals surface area contributed by atoms with Gasteiger partial charge in [-0.15, -0.1) is 0 Å². The van der Waals surface area contributed by atoms with Crippen LogP contribution < -0.4 is 0 Å². The summed E-state index contributed by atoms with van der Waals surface area (Å²) in [6.45, 7) is 2.07. The third kappa shape index (κ3) is 1.70. The van der Waals surface area contributed by atoms with E-state index in [1.54, 1.807) is 6.26 Å². The molecule has 0 aliphatic rings. The van der Waals surface area contributed by atoms with Crippen molar-refractivity contribution in [2.75, 3.05) is 0 Å². The van der Waals surface area contributed by atoms with Gasteiger partial charge in [0, 0.05) is 11.1 Å². The van der Waals surface area contributed by atoms with E-state index in [2.05, 4.69) is 0 Å². The summed E-state index contributed by atoms with van der Waals surface area (Å²) in [5, 5.41) is 8.88. The molecule has 0 saturated heterocycles. The van der Waals surface area contributed by atoms with E-state index >= 15 is 0 Å². The van der Waals surface area contributed by atoms with Gasteiger partial charge < -0.3 is 9.52 Å². The molecule has 2 aromatic rings. The Kier molecular flexibility index (Phi) is 2.37. The first-order chi connectivity index (χ1) is 6.79. The van der Waals surface area contributed by atoms with Crippen molar-refractivity contribution in [2.24, 2.45) is 0 Å². The maximum atomic E-state index is 8.88. The number of aliphatic hydroxyl groups excluding tert-OH is 1. The van der Waals surface area contributed by atoms with E-state index in [4.69, 9.17) is 9.52 Å². The van der Waals surface area contributed by atoms with E-state index < -0.39 is 0 Å². The fourth-order valence-corrected chi connectivity index (χ4v) is 1.33. The van der Waals surface area contributed by atoms with Gasteiger partial charge >= 0.3 is 0 Å². The van der Waals surface area contributed by atoms with Gasteiger partial charge in [0.2, 0.25) is 0 Å². The molecule has 0 amide bonds. The average molecular weight is 188 g/mol. The van der Waals surface area contributed by atoms with Gasteiger partial charge in [-0.1, -0.05) is 29.8 Å². The summed E-state index contributed by atoms with van der Waals surface area (Å²) in [6, 6.07) is 9.95. The lowest BCUT2D eigenvalue weighted by Gasteiger charge is -1.96. The first kappa shape index (κ1) is 9.03. The minimum absolute atomic E-state index is 0.0232. The Balaban J connectivity index is 2.34. The highest BCUT2D eigenvalue weighted by Crippen LogP contribution is 2.22. The van der Waals surface area contributed by atoms with Crippen LogP contribution in [0, 0.1) is 6.92 Å². The van der Waals surface area contributed by atoms with Crippen molar-refractivity contribution in [3.63, 3.8) is 0 Å². The van der Waals surface area contributed by atoms with E-state index in [1.807, 2.05) is 37.3 Å². The van der Waals surface area contributed by atoms with Crippen LogP contribution in [0.1, 0.15) is 11.1 Å². The minimum atomic E-state index is 0.0232. The van der Waals surface area contributed by atoms with Crippen LogP contribution in [-0.4, -0.2) is 5.11 Å². The van der Waals surface area contributed by atoms with Crippen LogP contribution in [0.15, 0.2) is 41.0 Å². The number of rotatable bonds is 2. The van der Waals surface area contributed by atoms with E-state index in [0.717, 1.165) is 16.9 Å². The number of aryl methyl sites for hydroxylation is 1. The molecule has 2 nitrogen and oxygen atoms in total. The summed E-state index contributed by atoms with van der Waals surface area (Å²) in [4.78, 5) is 0. The second-order valence-corrected chi connectivity index (χ2v) is 3.34. The molecular formula is C12H12O2. The van der Waals surface area contributed by atoms with Gasteiger partial charge in [0.25, 0.3) is 0 Å². The standard InChI is InChI=1S/C12H12O2/c1-9-2-4-11(5-3-9)12-6-10(7-13)8-14-12/h2-6,8,13H,7H2,1H3. The zero-order valence-corrected chi connectivity index (χ0v) is 8.03. The zero-order valence-electron chi connectivity index (χ0n) is 8.03. The molecule has 14 heavy (non-hydrogen) atoms. The van der Waals surface area contributed by atoms with Crippen molar-refractivity contribution >= 4 is 0 Å². The summed E-state index contributed by atoms with van der Waals surface area (Å²) in [5.41, 5.74) is 3.07. The van der Waals surface area contributed by atoms with E-state index in [0.29, 0.717) is 0 Å². The molecule has 0 unspecified atom stereocenters. The molecule has 72 valence electrons. The smallest absolute Gasteiger partial charge is 0.134 e. The van der Waals surface area contributed by atoms with E-state index in [9.17, 15) is 0 Å². The highest BCUT2D eigenvalue weighted by molar-refractivity contribution is 5.58. The van der Waals surface area contributed by atoms with Gasteiger partial charge in [-0.2, -0.15) is 0 Å². The van der Waals surface area contributed by atoms with Crippen molar-refractivity contribution < 1.29 is 9.52 Å². The molecule has 0 atom stereocenters. The van der Waals surface area contributed by atoms with Gasteiger partial charge in [0.15, 0.2) is 0 Å². The van der Waals surface area contributed by atoms with Crippen LogP contribution >= 0.6 is 0 Å². The van der Waals surface area contributed by atoms with Crippen molar-refractivity contribution in [3.8, 4) is 11.3 Å². The number of aliphatic hydroxyl groups is 1. The molecule has 2 rings (SSSR count). The Labute approximate surface area is 82.8 Å². The lowest BCUT2D eigenvalue weighted by Crippen LogP contribution is -1.76. The highest BCUT2D eigenvalue weighted by atomic mass is 16.3. The first-order valence-corrected chi connectivity index (χ1v) is 4.55. The fourth-order valence-electron chi connectivity index (χ4n) is 1.33. The zero-order chi connectivity index (χ0) is 9.97. The molecule has 0 fully saturated rings. The summed E-state index contributed by atoms with van der Waals surface area (Å²) in [6.07, 6.45) is 1.58. The van der Waals surface area contributed by atoms with E-state index in [1.165, 1.54) is 5.56 Å². The molecule has 2 heteroatoms. The summed E-state index contributed by atoms with van der Waals surface area (Å²) >= 11 is 0. The van der Waals surface area contributed by atoms with Crippen LogP contribution in [-0.2, 0) is 6.61 Å². The van der Waals surface area contributed by atoms with Crippen LogP contribution in [0.5, 0.6) is 0 Å². The molecule has 1 N–H and O–H groups in total. The van der Waals surface area contributed by atoms with Crippen molar-refractivity contribution in [1.82, 2.24) is 0 Å². The predicted octanol–water partition coefficient (Wildman–Crippen LogP) is 2.75. The molecular weight excluding hydrogens is 176 g/mol. The number of hydrogen-bond donors (Lipinski definition) is 1. The minimum Gasteiger partial charge on any atom is -0.464 e. The van der Waals surface area contributed by atoms with Crippen LogP contribution in [0.2, 0.25) is 0 Å². The van der Waals surface area contributed by atoms with Gasteiger partial charge in [-0.25, -0.2) is 0 Å². The van der Waals surface area contributed by atoms with E-state index in [-0.39, 0.29) is 6.61 Å². The predicted molar refractivity (Wildman–Crippen MR) is 54.8 cm³/mol. The second-order valence-electron chi connectivity index (χ2n) is 3.34. The van der Waals surface area contributed by atoms with Crippen LogP contribution in [0.4, 0.5) is 0 Å². The molecule has 1 aromatic heterocycles. The number of furan rings is 1. The largest absolute Gasteiger partial charge is 0.464 e. The average Bonchev–Trinajstić information content (AvgIpc) is 2.67. The molecule has 0 saturated carbocycles. The monoisotopic (exact) mass is 188 g/mol. The molecule has 1 heterocycles. The van der Waals surface area contributed by atoms with Crippen molar-refractivity contribution in [1.29, 1.82) is 0 Å². The SMILES string of the molecule is Cc1ccc(-c2cc(CO)co2)cc1. The van der Waals surface area contributed by atoms with Crippen LogP contribution in [0.25, 0.3) is 11.3 Å². The third-order valence-corrected chi connectivity index (χ3v) is 2.17. The molecule has 0 radical (unpaired) electrons. The molecule has 1 aromatic carbocycles. The van der Waals surface area contributed by atoms with Crippen molar-refractivity contribution in [2.45, 2.75) is 13.5 Å². The quantitative estimate of drug-likeness (QED) is 0.786. The topological polar surface area (TPSA) is 33.4 Å². The summed E-state index contributed by atoms with van der Waals surface area (Å²) in [5.74, 6) is 0.800. The Morgan fingerprint density at radius 2 is 1.93 bits per heavy atom. The van der Waals surface area contributed by atoms with Gasteiger partial charge in [0.05, 0.1) is 12.9 Å². The maximum absolute atomic E-state index is 8.88. The maximum Gasteiger partial charge on any atom is 0.134 e. The van der Waals surface area contributed by atoms with Crippen molar-refractivity contribution in [3.05, 3.63) is 47.7 Å².